The summed E-state index contributed by atoms with van der Waals surface area (Å²) in [6.45, 7) is 9.55. The Morgan fingerprint density at radius 1 is 0.667 bits per heavy atom. The average Bonchev–Trinajstić information content (AvgIpc) is 3.49. The Labute approximate surface area is 253 Å². The molecule has 0 aromatic heterocycles. The van der Waals surface area contributed by atoms with Crippen LogP contribution in [0.1, 0.15) is 56.4 Å². The van der Waals surface area contributed by atoms with E-state index in [-0.39, 0.29) is 30.2 Å². The number of hydrogen-bond acceptors (Lipinski definition) is 0. The Morgan fingerprint density at radius 3 is 1.85 bits per heavy atom. The molecule has 4 aromatic rings. The Bertz CT molecular complexity index is 1540. The van der Waals surface area contributed by atoms with Crippen LogP contribution in [0.15, 0.2) is 124 Å². The number of halogens is 2. The predicted molar refractivity (Wildman–Crippen MR) is 155 cm³/mol. The number of hydrogen-bond donors (Lipinski definition) is 0. The molecule has 4 aromatic carbocycles. The monoisotopic (exact) mass is 626 g/mol. The van der Waals surface area contributed by atoms with Crippen LogP contribution in [-0.4, -0.2) is 3.21 Å². The molecule has 0 spiro atoms. The predicted octanol–water partition coefficient (Wildman–Crippen LogP) is 2.43. The molecule has 196 valence electrons. The number of fused-ring (bicyclic) bond motifs is 3. The molecule has 0 aliphatic heterocycles. The maximum atomic E-state index is 2.50. The average molecular weight is 629 g/mol. The van der Waals surface area contributed by atoms with Crippen LogP contribution in [-0.2, 0) is 27.7 Å². The fourth-order valence-corrected chi connectivity index (χ4v) is 15.6. The van der Waals surface area contributed by atoms with Crippen molar-refractivity contribution in [2.24, 2.45) is 5.41 Å². The van der Waals surface area contributed by atoms with Gasteiger partial charge in [-0.15, -0.1) is 0 Å². The largest absolute Gasteiger partial charge is 1.00 e. The van der Waals surface area contributed by atoms with Crippen molar-refractivity contribution in [3.8, 4) is 11.1 Å². The van der Waals surface area contributed by atoms with E-state index in [0.717, 1.165) is 12.8 Å². The molecule has 0 saturated carbocycles. The summed E-state index contributed by atoms with van der Waals surface area (Å²) in [5.74, 6) is 0. The molecular formula is C36H34Cl2Zr. The van der Waals surface area contributed by atoms with E-state index in [1.54, 1.807) is 20.9 Å². The maximum absolute atomic E-state index is 2.68. The Kier molecular flexibility index (Phi) is 9.17. The molecule has 39 heavy (non-hydrogen) atoms. The molecule has 0 saturated heterocycles. The second-order valence-electron chi connectivity index (χ2n) is 11.3. The van der Waals surface area contributed by atoms with Gasteiger partial charge in [-0.3, -0.25) is 0 Å². The van der Waals surface area contributed by atoms with Gasteiger partial charge in [0.15, 0.2) is 0 Å². The van der Waals surface area contributed by atoms with Crippen molar-refractivity contribution >= 4 is 6.48 Å². The molecule has 2 aliphatic rings. The minimum atomic E-state index is -2.68. The molecule has 6 rings (SSSR count). The first kappa shape index (κ1) is 29.7. The van der Waals surface area contributed by atoms with E-state index in [0.29, 0.717) is 0 Å². The minimum absolute atomic E-state index is 0. The van der Waals surface area contributed by atoms with Gasteiger partial charge in [0, 0.05) is 0 Å². The second-order valence-corrected chi connectivity index (χ2v) is 17.2. The van der Waals surface area contributed by atoms with Crippen molar-refractivity contribution in [1.29, 1.82) is 0 Å². The molecular weight excluding hydrogens is 595 g/mol. The van der Waals surface area contributed by atoms with Crippen LogP contribution < -0.4 is 28.1 Å². The summed E-state index contributed by atoms with van der Waals surface area (Å²) in [5.41, 5.74) is 11.9. The fourth-order valence-electron chi connectivity index (χ4n) is 6.47. The van der Waals surface area contributed by atoms with Gasteiger partial charge in [-0.1, -0.05) is 0 Å². The van der Waals surface area contributed by atoms with Crippen molar-refractivity contribution in [2.45, 2.75) is 40.5 Å². The van der Waals surface area contributed by atoms with Gasteiger partial charge < -0.3 is 24.8 Å². The molecule has 0 nitrogen and oxygen atoms in total. The normalized spacial score (nSPS) is 13.4. The molecule has 0 amide bonds. The van der Waals surface area contributed by atoms with Gasteiger partial charge in [0.05, 0.1) is 0 Å². The van der Waals surface area contributed by atoms with Crippen LogP contribution in [0.5, 0.6) is 0 Å². The van der Waals surface area contributed by atoms with E-state index in [9.17, 15) is 0 Å². The van der Waals surface area contributed by atoms with Gasteiger partial charge in [0.2, 0.25) is 0 Å². The number of allylic oxidation sites excluding steroid dienone is 4. The van der Waals surface area contributed by atoms with Gasteiger partial charge >= 0.3 is 231 Å². The molecule has 0 radical (unpaired) electrons. The summed E-state index contributed by atoms with van der Waals surface area (Å²) < 4.78 is 5.01. The molecule has 0 bridgehead atoms. The zero-order valence-corrected chi connectivity index (χ0v) is 27.0. The zero-order valence-electron chi connectivity index (χ0n) is 23.1. The van der Waals surface area contributed by atoms with Crippen molar-refractivity contribution in [1.82, 2.24) is 0 Å². The summed E-state index contributed by atoms with van der Waals surface area (Å²) in [4.78, 5) is 0. The molecule has 0 fully saturated rings. The van der Waals surface area contributed by atoms with E-state index in [2.05, 4.69) is 137 Å². The fraction of sp³-hybridized carbons (Fsp3) is 0.194. The standard InChI is InChI=1S/C13H9.C13H10.C10H15.2ClH.Zr/c1-3-7-12-10(5-1)9-11-6-2-4-8-13(11)12;1-3-7-12(8-4-1)11-13-9-5-2-6-10-13;1-8-6-5-7-9(8)10(2,3)4;;;/h1-5,7-8H,9H2;1-10H;6H,5H2,1-4H3;2*1H;/q;;;;;+2/p-2. The smallest absolute Gasteiger partial charge is 1.00 e. The third-order valence-corrected chi connectivity index (χ3v) is 15.6. The molecule has 3 heteroatoms. The first-order chi connectivity index (χ1) is 17.9. The Hall–Kier alpha value is -2.31. The van der Waals surface area contributed by atoms with E-state index >= 15 is 0 Å². The first-order valence-electron chi connectivity index (χ1n) is 13.4. The maximum Gasteiger partial charge on any atom is -1.00 e. The summed E-state index contributed by atoms with van der Waals surface area (Å²) in [5, 5.41) is 0. The van der Waals surface area contributed by atoms with E-state index in [1.165, 1.54) is 33.4 Å². The summed E-state index contributed by atoms with van der Waals surface area (Å²) in [6, 6.07) is 38.7. The van der Waals surface area contributed by atoms with E-state index in [1.807, 2.05) is 0 Å². The van der Waals surface area contributed by atoms with Crippen LogP contribution in [0.25, 0.3) is 11.1 Å². The van der Waals surface area contributed by atoms with Crippen LogP contribution in [0.2, 0.25) is 0 Å². The van der Waals surface area contributed by atoms with Crippen molar-refractivity contribution < 1.29 is 46.1 Å². The second kappa shape index (κ2) is 12.1. The van der Waals surface area contributed by atoms with Gasteiger partial charge in [-0.05, 0) is 0 Å². The molecule has 2 aliphatic carbocycles. The number of benzene rings is 4. The molecule has 0 heterocycles. The molecule has 0 N–H and O–H groups in total. The summed E-state index contributed by atoms with van der Waals surface area (Å²) >= 11 is -2.68. The third-order valence-electron chi connectivity index (χ3n) is 7.86. The van der Waals surface area contributed by atoms with Crippen molar-refractivity contribution in [3.05, 3.63) is 146 Å². The minimum Gasteiger partial charge on any atom is -1.00 e. The topological polar surface area (TPSA) is 0 Å². The quantitative estimate of drug-likeness (QED) is 0.287. The van der Waals surface area contributed by atoms with E-state index in [4.69, 9.17) is 0 Å². The summed E-state index contributed by atoms with van der Waals surface area (Å²) in [6.07, 6.45) is 4.64. The van der Waals surface area contributed by atoms with Crippen LogP contribution >= 0.6 is 0 Å². The van der Waals surface area contributed by atoms with Gasteiger partial charge in [0.1, 0.15) is 0 Å². The zero-order chi connectivity index (χ0) is 25.6. The Morgan fingerprint density at radius 2 is 1.23 bits per heavy atom. The van der Waals surface area contributed by atoms with E-state index < -0.39 is 21.3 Å². The molecule has 0 atom stereocenters. The Balaban J connectivity index is 0.00000176. The van der Waals surface area contributed by atoms with Crippen molar-refractivity contribution in [2.75, 3.05) is 0 Å². The number of rotatable bonds is 4. The first-order valence-corrected chi connectivity index (χ1v) is 17.1. The summed E-state index contributed by atoms with van der Waals surface area (Å²) in [7, 11) is 0. The molecule has 0 unspecified atom stereocenters. The SMILES string of the molecule is CC1=CC[C]([Zr+2](=[C](c2ccccc2)c2ccccc2)[c]2cccc3c2Cc2ccccc2-3)=C1C(C)(C)C.[Cl-].[Cl-]. The van der Waals surface area contributed by atoms with Gasteiger partial charge in [-0.2, -0.15) is 0 Å². The van der Waals surface area contributed by atoms with Gasteiger partial charge in [0.25, 0.3) is 0 Å². The van der Waals surface area contributed by atoms with Crippen molar-refractivity contribution in [3.63, 3.8) is 0 Å². The van der Waals surface area contributed by atoms with Crippen LogP contribution in [0, 0.1) is 5.41 Å². The third kappa shape index (κ3) is 5.52. The van der Waals surface area contributed by atoms with Gasteiger partial charge in [-0.25, -0.2) is 0 Å². The van der Waals surface area contributed by atoms with Crippen LogP contribution in [0.4, 0.5) is 0 Å². The van der Waals surface area contributed by atoms with Crippen LogP contribution in [0.3, 0.4) is 0 Å².